The first-order valence-electron chi connectivity index (χ1n) is 6.14. The van der Waals surface area contributed by atoms with Crippen molar-refractivity contribution in [2.24, 2.45) is 0 Å². The quantitative estimate of drug-likeness (QED) is 0.583. The molecule has 0 saturated heterocycles. The SMILES string of the molecule is OCCCCC(O)C#CCCc1ccccc1. The fraction of sp³-hybridized carbons (Fsp3) is 0.467. The molecule has 0 aliphatic heterocycles. The van der Waals surface area contributed by atoms with Crippen LogP contribution in [0, 0.1) is 11.8 Å². The molecule has 2 heteroatoms. The average Bonchev–Trinajstić information content (AvgIpc) is 2.36. The highest BCUT2D eigenvalue weighted by Crippen LogP contribution is 2.02. The second-order valence-electron chi connectivity index (χ2n) is 4.04. The summed E-state index contributed by atoms with van der Waals surface area (Å²) >= 11 is 0. The fourth-order valence-corrected chi connectivity index (χ4v) is 1.56. The van der Waals surface area contributed by atoms with Crippen molar-refractivity contribution in [2.45, 2.75) is 38.2 Å². The van der Waals surface area contributed by atoms with E-state index in [9.17, 15) is 5.11 Å². The standard InChI is InChI=1S/C15H20O2/c16-13-7-6-12-15(17)11-5-4-10-14-8-2-1-3-9-14/h1-3,8-9,15-17H,4,6-7,10,12-13H2. The zero-order chi connectivity index (χ0) is 12.3. The van der Waals surface area contributed by atoms with E-state index >= 15 is 0 Å². The number of rotatable bonds is 6. The average molecular weight is 232 g/mol. The van der Waals surface area contributed by atoms with Crippen molar-refractivity contribution in [3.8, 4) is 11.8 Å². The van der Waals surface area contributed by atoms with E-state index in [4.69, 9.17) is 5.11 Å². The first kappa shape index (κ1) is 13.8. The van der Waals surface area contributed by atoms with Crippen LogP contribution in [0.2, 0.25) is 0 Å². The molecular formula is C15H20O2. The van der Waals surface area contributed by atoms with Crippen LogP contribution >= 0.6 is 0 Å². The normalized spacial score (nSPS) is 11.6. The van der Waals surface area contributed by atoms with Crippen LogP contribution in [0.1, 0.15) is 31.2 Å². The van der Waals surface area contributed by atoms with E-state index < -0.39 is 6.10 Å². The van der Waals surface area contributed by atoms with Crippen molar-refractivity contribution in [1.82, 2.24) is 0 Å². The lowest BCUT2D eigenvalue weighted by Crippen LogP contribution is -2.02. The van der Waals surface area contributed by atoms with Crippen LogP contribution in [0.3, 0.4) is 0 Å². The molecule has 0 aromatic heterocycles. The molecule has 1 aromatic carbocycles. The maximum atomic E-state index is 9.52. The fourth-order valence-electron chi connectivity index (χ4n) is 1.56. The topological polar surface area (TPSA) is 40.5 Å². The van der Waals surface area contributed by atoms with Crippen molar-refractivity contribution in [3.05, 3.63) is 35.9 Å². The highest BCUT2D eigenvalue weighted by atomic mass is 16.3. The largest absolute Gasteiger partial charge is 0.396 e. The van der Waals surface area contributed by atoms with Gasteiger partial charge in [-0.2, -0.15) is 0 Å². The van der Waals surface area contributed by atoms with Crippen LogP contribution < -0.4 is 0 Å². The van der Waals surface area contributed by atoms with Gasteiger partial charge in [-0.05, 0) is 31.2 Å². The zero-order valence-electron chi connectivity index (χ0n) is 10.1. The monoisotopic (exact) mass is 232 g/mol. The summed E-state index contributed by atoms with van der Waals surface area (Å²) in [5.41, 5.74) is 1.27. The van der Waals surface area contributed by atoms with Crippen LogP contribution in [0.4, 0.5) is 0 Å². The Hall–Kier alpha value is -1.30. The molecule has 0 fully saturated rings. The Balaban J connectivity index is 2.17. The maximum absolute atomic E-state index is 9.52. The summed E-state index contributed by atoms with van der Waals surface area (Å²) in [5.74, 6) is 5.83. The van der Waals surface area contributed by atoms with Gasteiger partial charge in [-0.1, -0.05) is 36.3 Å². The van der Waals surface area contributed by atoms with E-state index in [2.05, 4.69) is 24.0 Å². The molecule has 0 heterocycles. The van der Waals surface area contributed by atoms with E-state index in [0.29, 0.717) is 6.42 Å². The molecule has 1 unspecified atom stereocenters. The molecule has 0 aliphatic rings. The molecule has 17 heavy (non-hydrogen) atoms. The lowest BCUT2D eigenvalue weighted by Gasteiger charge is -2.01. The third-order valence-corrected chi connectivity index (χ3v) is 2.54. The molecule has 0 radical (unpaired) electrons. The predicted octanol–water partition coefficient (Wildman–Crippen LogP) is 2.15. The Bertz CT molecular complexity index is 348. The number of unbranched alkanes of at least 4 members (excludes halogenated alkanes) is 1. The van der Waals surface area contributed by atoms with Gasteiger partial charge in [0.1, 0.15) is 6.10 Å². The molecule has 2 N–H and O–H groups in total. The highest BCUT2D eigenvalue weighted by molar-refractivity contribution is 5.16. The summed E-state index contributed by atoms with van der Waals surface area (Å²) < 4.78 is 0. The Labute approximate surface area is 103 Å². The Morgan fingerprint density at radius 3 is 2.59 bits per heavy atom. The number of aliphatic hydroxyl groups excluding tert-OH is 2. The molecule has 1 rings (SSSR count). The Morgan fingerprint density at radius 1 is 1.12 bits per heavy atom. The van der Waals surface area contributed by atoms with Gasteiger partial charge in [0.25, 0.3) is 0 Å². The van der Waals surface area contributed by atoms with Gasteiger partial charge in [0, 0.05) is 13.0 Å². The number of aryl methyl sites for hydroxylation is 1. The summed E-state index contributed by atoms with van der Waals surface area (Å²) in [5, 5.41) is 18.1. The molecular weight excluding hydrogens is 212 g/mol. The van der Waals surface area contributed by atoms with Crippen molar-refractivity contribution >= 4 is 0 Å². The molecule has 2 nitrogen and oxygen atoms in total. The third kappa shape index (κ3) is 6.78. The predicted molar refractivity (Wildman–Crippen MR) is 69.5 cm³/mol. The van der Waals surface area contributed by atoms with E-state index in [1.54, 1.807) is 0 Å². The van der Waals surface area contributed by atoms with Gasteiger partial charge in [-0.15, -0.1) is 5.92 Å². The van der Waals surface area contributed by atoms with Gasteiger partial charge >= 0.3 is 0 Å². The molecule has 92 valence electrons. The van der Waals surface area contributed by atoms with Crippen LogP contribution in [-0.4, -0.2) is 22.9 Å². The van der Waals surface area contributed by atoms with Crippen LogP contribution in [0.25, 0.3) is 0 Å². The minimum absolute atomic E-state index is 0.189. The summed E-state index contributed by atoms with van der Waals surface area (Å²) in [7, 11) is 0. The number of hydrogen-bond acceptors (Lipinski definition) is 2. The van der Waals surface area contributed by atoms with E-state index in [1.807, 2.05) is 18.2 Å². The minimum Gasteiger partial charge on any atom is -0.396 e. The van der Waals surface area contributed by atoms with Crippen molar-refractivity contribution < 1.29 is 10.2 Å². The molecule has 0 spiro atoms. The molecule has 0 saturated carbocycles. The van der Waals surface area contributed by atoms with E-state index in [-0.39, 0.29) is 6.61 Å². The molecule has 0 aliphatic carbocycles. The van der Waals surface area contributed by atoms with E-state index in [0.717, 1.165) is 25.7 Å². The number of aliphatic hydroxyl groups is 2. The molecule has 0 amide bonds. The number of hydrogen-bond donors (Lipinski definition) is 2. The Morgan fingerprint density at radius 2 is 1.88 bits per heavy atom. The van der Waals surface area contributed by atoms with Crippen LogP contribution in [-0.2, 0) is 6.42 Å². The second kappa shape index (κ2) is 8.81. The summed E-state index contributed by atoms with van der Waals surface area (Å²) in [6, 6.07) is 10.2. The van der Waals surface area contributed by atoms with Crippen molar-refractivity contribution in [1.29, 1.82) is 0 Å². The lowest BCUT2D eigenvalue weighted by atomic mass is 10.1. The minimum atomic E-state index is -0.544. The van der Waals surface area contributed by atoms with Gasteiger partial charge in [-0.25, -0.2) is 0 Å². The zero-order valence-corrected chi connectivity index (χ0v) is 10.1. The van der Waals surface area contributed by atoms with Crippen molar-refractivity contribution in [3.63, 3.8) is 0 Å². The molecule has 0 bridgehead atoms. The number of benzene rings is 1. The highest BCUT2D eigenvalue weighted by Gasteiger charge is 1.97. The summed E-state index contributed by atoms with van der Waals surface area (Å²) in [6.07, 6.45) is 3.38. The van der Waals surface area contributed by atoms with Gasteiger partial charge in [0.2, 0.25) is 0 Å². The molecule has 1 aromatic rings. The first-order valence-corrected chi connectivity index (χ1v) is 6.14. The second-order valence-corrected chi connectivity index (χ2v) is 4.04. The summed E-state index contributed by atoms with van der Waals surface area (Å²) in [6.45, 7) is 0.189. The van der Waals surface area contributed by atoms with E-state index in [1.165, 1.54) is 5.56 Å². The summed E-state index contributed by atoms with van der Waals surface area (Å²) in [4.78, 5) is 0. The Kier molecular flexibility index (Phi) is 7.13. The van der Waals surface area contributed by atoms with Gasteiger partial charge in [-0.3, -0.25) is 0 Å². The lowest BCUT2D eigenvalue weighted by molar-refractivity contribution is 0.209. The van der Waals surface area contributed by atoms with Crippen molar-refractivity contribution in [2.75, 3.05) is 6.61 Å². The van der Waals surface area contributed by atoms with Crippen LogP contribution in [0.5, 0.6) is 0 Å². The first-order chi connectivity index (χ1) is 8.33. The van der Waals surface area contributed by atoms with Crippen LogP contribution in [0.15, 0.2) is 30.3 Å². The third-order valence-electron chi connectivity index (χ3n) is 2.54. The maximum Gasteiger partial charge on any atom is 0.114 e. The molecule has 1 atom stereocenters. The van der Waals surface area contributed by atoms with Gasteiger partial charge in [0.15, 0.2) is 0 Å². The van der Waals surface area contributed by atoms with Gasteiger partial charge in [0.05, 0.1) is 0 Å². The smallest absolute Gasteiger partial charge is 0.114 e. The van der Waals surface area contributed by atoms with Gasteiger partial charge < -0.3 is 10.2 Å².